The first-order valence-corrected chi connectivity index (χ1v) is 8.80. The molecule has 1 heterocycles. The van der Waals surface area contributed by atoms with Crippen molar-refractivity contribution < 1.29 is 17.9 Å². The predicted molar refractivity (Wildman–Crippen MR) is 102 cm³/mol. The van der Waals surface area contributed by atoms with Crippen molar-refractivity contribution in [2.45, 2.75) is 45.0 Å². The molecule has 1 rings (SSSR count). The smallest absolute Gasteiger partial charge is 0.357 e. The van der Waals surface area contributed by atoms with Gasteiger partial charge in [0.15, 0.2) is 0 Å². The second kappa shape index (κ2) is 10.3. The highest BCUT2D eigenvalue weighted by molar-refractivity contribution is 5.55. The second-order valence-corrected chi connectivity index (χ2v) is 6.24. The molecule has 0 aromatic carbocycles. The maximum absolute atomic E-state index is 12.7. The molecule has 0 aromatic heterocycles. The van der Waals surface area contributed by atoms with E-state index >= 15 is 0 Å². The molecule has 0 saturated carbocycles. The molecule has 5 nitrogen and oxygen atoms in total. The van der Waals surface area contributed by atoms with Gasteiger partial charge < -0.3 is 4.74 Å². The Hall–Kier alpha value is -2.06. The van der Waals surface area contributed by atoms with E-state index in [1.807, 2.05) is 6.92 Å². The van der Waals surface area contributed by atoms with Gasteiger partial charge >= 0.3 is 6.18 Å². The molecule has 27 heavy (non-hydrogen) atoms. The molecule has 0 N–H and O–H groups in total. The zero-order chi connectivity index (χ0) is 20.6. The number of rotatable bonds is 9. The van der Waals surface area contributed by atoms with Crippen molar-refractivity contribution in [3.8, 4) is 0 Å². The summed E-state index contributed by atoms with van der Waals surface area (Å²) in [5.74, 6) is 0. The standard InChI is InChI=1S/C19H29F3N4O/c1-7-16(3)23-14-24(5)25(6)26(18-10-8-9-13-27-18)17(4)12-11-15(2)19(20,21)22/h11-12,14,18H,2-4,7-10,13H2,1,5-6H3/b12-11-,23-14?. The molecule has 1 saturated heterocycles. The van der Waals surface area contributed by atoms with Crippen LogP contribution in [0.4, 0.5) is 13.2 Å². The van der Waals surface area contributed by atoms with E-state index in [-0.39, 0.29) is 6.23 Å². The van der Waals surface area contributed by atoms with Crippen molar-refractivity contribution in [1.29, 1.82) is 0 Å². The predicted octanol–water partition coefficient (Wildman–Crippen LogP) is 4.65. The number of hydrazine groups is 2. The minimum atomic E-state index is -4.47. The number of ether oxygens (including phenoxy) is 1. The summed E-state index contributed by atoms with van der Waals surface area (Å²) in [6.45, 7) is 13.3. The molecule has 1 aliphatic heterocycles. The molecule has 0 radical (unpaired) electrons. The van der Waals surface area contributed by atoms with Crippen molar-refractivity contribution >= 4 is 6.34 Å². The molecule has 0 bridgehead atoms. The van der Waals surface area contributed by atoms with Gasteiger partial charge in [0, 0.05) is 37.7 Å². The number of allylic oxidation sites excluding steroid dienone is 4. The fourth-order valence-electron chi connectivity index (χ4n) is 2.32. The van der Waals surface area contributed by atoms with Gasteiger partial charge in [-0.2, -0.15) is 13.2 Å². The van der Waals surface area contributed by atoms with Crippen LogP contribution in [-0.2, 0) is 4.74 Å². The highest BCUT2D eigenvalue weighted by Crippen LogP contribution is 2.27. The lowest BCUT2D eigenvalue weighted by atomic mass is 10.1. The maximum Gasteiger partial charge on any atom is 0.415 e. The Kier molecular flexibility index (Phi) is 8.78. The van der Waals surface area contributed by atoms with Gasteiger partial charge in [-0.3, -0.25) is 10.0 Å². The molecule has 1 unspecified atom stereocenters. The average Bonchev–Trinajstić information content (AvgIpc) is 2.63. The fraction of sp³-hybridized carbons (Fsp3) is 0.526. The van der Waals surface area contributed by atoms with E-state index < -0.39 is 11.7 Å². The molecule has 0 aliphatic carbocycles. The Labute approximate surface area is 159 Å². The van der Waals surface area contributed by atoms with Gasteiger partial charge in [-0.25, -0.2) is 4.99 Å². The molecular weight excluding hydrogens is 357 g/mol. The Balaban J connectivity index is 2.99. The Morgan fingerprint density at radius 1 is 1.19 bits per heavy atom. The first-order chi connectivity index (χ1) is 12.6. The van der Waals surface area contributed by atoms with Gasteiger partial charge in [-0.05, 0) is 37.8 Å². The van der Waals surface area contributed by atoms with Gasteiger partial charge in [0.2, 0.25) is 0 Å². The van der Waals surface area contributed by atoms with Crippen LogP contribution in [-0.4, -0.2) is 54.6 Å². The van der Waals surface area contributed by atoms with Crippen LogP contribution in [0.5, 0.6) is 0 Å². The minimum Gasteiger partial charge on any atom is -0.357 e. The van der Waals surface area contributed by atoms with Gasteiger partial charge in [-0.15, -0.1) is 5.12 Å². The van der Waals surface area contributed by atoms with Crippen LogP contribution in [0.1, 0.15) is 32.6 Å². The topological polar surface area (TPSA) is 31.3 Å². The summed E-state index contributed by atoms with van der Waals surface area (Å²) in [6.07, 6.45) is 2.37. The monoisotopic (exact) mass is 386 g/mol. The molecule has 152 valence electrons. The van der Waals surface area contributed by atoms with E-state index in [1.165, 1.54) is 6.08 Å². The molecule has 1 fully saturated rings. The largest absolute Gasteiger partial charge is 0.415 e. The van der Waals surface area contributed by atoms with Crippen molar-refractivity contribution in [2.24, 2.45) is 4.99 Å². The van der Waals surface area contributed by atoms with Gasteiger partial charge in [-0.1, -0.05) is 26.7 Å². The molecule has 0 aromatic rings. The number of nitrogens with zero attached hydrogens (tertiary/aromatic N) is 4. The average molecular weight is 386 g/mol. The molecular formula is C19H29F3N4O. The Morgan fingerprint density at radius 2 is 1.85 bits per heavy atom. The quantitative estimate of drug-likeness (QED) is 0.250. The summed E-state index contributed by atoms with van der Waals surface area (Å²) in [7, 11) is 3.53. The second-order valence-electron chi connectivity index (χ2n) is 6.24. The van der Waals surface area contributed by atoms with Crippen LogP contribution in [0.15, 0.2) is 53.8 Å². The van der Waals surface area contributed by atoms with E-state index in [9.17, 15) is 13.2 Å². The third-order valence-electron chi connectivity index (χ3n) is 4.15. The van der Waals surface area contributed by atoms with Crippen LogP contribution >= 0.6 is 0 Å². The molecule has 1 atom stereocenters. The highest BCUT2D eigenvalue weighted by atomic mass is 19.4. The van der Waals surface area contributed by atoms with Crippen molar-refractivity contribution in [3.05, 3.63) is 48.9 Å². The van der Waals surface area contributed by atoms with Gasteiger partial charge in [0.1, 0.15) is 12.6 Å². The zero-order valence-corrected chi connectivity index (χ0v) is 16.3. The van der Waals surface area contributed by atoms with E-state index in [0.717, 1.165) is 37.5 Å². The zero-order valence-electron chi connectivity index (χ0n) is 16.3. The lowest BCUT2D eigenvalue weighted by Crippen LogP contribution is -2.53. The third-order valence-corrected chi connectivity index (χ3v) is 4.15. The van der Waals surface area contributed by atoms with Crippen LogP contribution in [0.3, 0.4) is 0 Å². The fourth-order valence-corrected chi connectivity index (χ4v) is 2.32. The lowest BCUT2D eigenvalue weighted by molar-refractivity contribution is -0.199. The number of halogens is 3. The van der Waals surface area contributed by atoms with Crippen LogP contribution in [0.25, 0.3) is 0 Å². The normalized spacial score (nSPS) is 18.3. The number of alkyl halides is 3. The van der Waals surface area contributed by atoms with Gasteiger partial charge in [0.25, 0.3) is 0 Å². The number of hydrogen-bond acceptors (Lipinski definition) is 4. The minimum absolute atomic E-state index is 0.328. The highest BCUT2D eigenvalue weighted by Gasteiger charge is 2.31. The third kappa shape index (κ3) is 7.22. The lowest BCUT2D eigenvalue weighted by Gasteiger charge is -2.44. The summed E-state index contributed by atoms with van der Waals surface area (Å²) in [5, 5.41) is 5.10. The summed E-state index contributed by atoms with van der Waals surface area (Å²) >= 11 is 0. The first kappa shape index (κ1) is 23.0. The SMILES string of the molecule is C=C(CC)N=CN(C)N(C)N(C(=C)/C=C\C(=C)C(F)(F)F)C1CCCCO1. The van der Waals surface area contributed by atoms with E-state index in [4.69, 9.17) is 4.74 Å². The summed E-state index contributed by atoms with van der Waals surface area (Å²) in [5.41, 5.74) is 0.130. The van der Waals surface area contributed by atoms with Crippen LogP contribution in [0.2, 0.25) is 0 Å². The van der Waals surface area contributed by atoms with Crippen LogP contribution < -0.4 is 0 Å². The van der Waals surface area contributed by atoms with Gasteiger partial charge in [0.05, 0.1) is 0 Å². The Morgan fingerprint density at radius 3 is 2.37 bits per heavy atom. The van der Waals surface area contributed by atoms with E-state index in [0.29, 0.717) is 12.3 Å². The van der Waals surface area contributed by atoms with Crippen molar-refractivity contribution in [2.75, 3.05) is 20.7 Å². The first-order valence-electron chi connectivity index (χ1n) is 8.80. The Bertz CT molecular complexity index is 592. The molecule has 0 amide bonds. The summed E-state index contributed by atoms with van der Waals surface area (Å²) in [6, 6.07) is 0. The number of hydrogen-bond donors (Lipinski definition) is 0. The van der Waals surface area contributed by atoms with E-state index in [2.05, 4.69) is 24.7 Å². The molecule has 0 spiro atoms. The van der Waals surface area contributed by atoms with Crippen LogP contribution in [0, 0.1) is 0 Å². The summed E-state index contributed by atoms with van der Waals surface area (Å²) in [4.78, 5) is 4.24. The molecule has 8 heteroatoms. The summed E-state index contributed by atoms with van der Waals surface area (Å²) < 4.78 is 43.9. The number of aliphatic imine (C=N–C) groups is 1. The van der Waals surface area contributed by atoms with E-state index in [1.54, 1.807) is 35.6 Å². The maximum atomic E-state index is 12.7. The molecule has 1 aliphatic rings. The van der Waals surface area contributed by atoms with Crippen molar-refractivity contribution in [1.82, 2.24) is 15.1 Å². The van der Waals surface area contributed by atoms with Crippen molar-refractivity contribution in [3.63, 3.8) is 0 Å².